The van der Waals surface area contributed by atoms with E-state index < -0.39 is 0 Å². The Labute approximate surface area is 135 Å². The predicted molar refractivity (Wildman–Crippen MR) is 92.6 cm³/mol. The van der Waals surface area contributed by atoms with E-state index in [4.69, 9.17) is 23.2 Å². The van der Waals surface area contributed by atoms with Crippen molar-refractivity contribution < 1.29 is 0 Å². The Morgan fingerprint density at radius 3 is 2.38 bits per heavy atom. The highest BCUT2D eigenvalue weighted by Gasteiger charge is 2.17. The third-order valence-electron chi connectivity index (χ3n) is 3.78. The van der Waals surface area contributed by atoms with E-state index >= 15 is 0 Å². The number of hydrogen-bond donors (Lipinski definition) is 0. The Morgan fingerprint density at radius 1 is 0.905 bits per heavy atom. The van der Waals surface area contributed by atoms with Crippen LogP contribution in [-0.2, 0) is 0 Å². The van der Waals surface area contributed by atoms with Crippen molar-refractivity contribution in [2.45, 2.75) is 19.8 Å². The van der Waals surface area contributed by atoms with Crippen LogP contribution in [0.25, 0.3) is 11.1 Å². The van der Waals surface area contributed by atoms with Crippen LogP contribution in [0.15, 0.2) is 59.6 Å². The molecule has 1 aliphatic rings. The number of allylic oxidation sites excluding steroid dienone is 4. The van der Waals surface area contributed by atoms with E-state index in [-0.39, 0.29) is 0 Å². The average molecular weight is 315 g/mol. The molecule has 0 aliphatic heterocycles. The molecule has 0 atom stereocenters. The van der Waals surface area contributed by atoms with Gasteiger partial charge in [0, 0.05) is 5.02 Å². The highest BCUT2D eigenvalue weighted by atomic mass is 35.5. The van der Waals surface area contributed by atoms with Crippen LogP contribution in [0.3, 0.4) is 0 Å². The van der Waals surface area contributed by atoms with Gasteiger partial charge < -0.3 is 0 Å². The molecule has 0 radical (unpaired) electrons. The fourth-order valence-electron chi connectivity index (χ4n) is 2.65. The topological polar surface area (TPSA) is 0 Å². The smallest absolute Gasteiger partial charge is 0.0519 e. The van der Waals surface area contributed by atoms with Gasteiger partial charge in [0.2, 0.25) is 0 Å². The molecule has 2 heteroatoms. The summed E-state index contributed by atoms with van der Waals surface area (Å²) in [7, 11) is 0. The molecule has 0 saturated carbocycles. The fourth-order valence-corrected chi connectivity index (χ4v) is 3.23. The Balaban J connectivity index is 2.04. The van der Waals surface area contributed by atoms with Crippen molar-refractivity contribution >= 4 is 34.3 Å². The minimum atomic E-state index is 0.746. The second-order valence-electron chi connectivity index (χ2n) is 5.33. The zero-order valence-corrected chi connectivity index (χ0v) is 13.4. The third-order valence-corrected chi connectivity index (χ3v) is 4.45. The highest BCUT2D eigenvalue weighted by molar-refractivity contribution is 6.40. The van der Waals surface area contributed by atoms with Crippen LogP contribution in [-0.4, -0.2) is 0 Å². The van der Waals surface area contributed by atoms with Crippen LogP contribution < -0.4 is 0 Å². The molecule has 3 rings (SSSR count). The molecule has 0 spiro atoms. The first kappa shape index (κ1) is 14.4. The molecule has 0 unspecified atom stereocenters. The average Bonchev–Trinajstić information content (AvgIpc) is 2.48. The molecule has 21 heavy (non-hydrogen) atoms. The van der Waals surface area contributed by atoms with Gasteiger partial charge in [-0.3, -0.25) is 0 Å². The lowest BCUT2D eigenvalue weighted by Gasteiger charge is -2.19. The molecule has 0 amide bonds. The van der Waals surface area contributed by atoms with Gasteiger partial charge in [0.25, 0.3) is 0 Å². The zero-order chi connectivity index (χ0) is 14.8. The Bertz CT molecular complexity index is 721. The molecule has 0 N–H and O–H groups in total. The van der Waals surface area contributed by atoms with Crippen LogP contribution in [0.1, 0.15) is 29.5 Å². The summed E-state index contributed by atoms with van der Waals surface area (Å²) in [6.45, 7) is 2.09. The molecule has 2 aromatic carbocycles. The molecular formula is C19H16Cl2. The minimum Gasteiger partial charge on any atom is -0.0843 e. The summed E-state index contributed by atoms with van der Waals surface area (Å²) in [5, 5.41) is 1.59. The van der Waals surface area contributed by atoms with Crippen molar-refractivity contribution in [2.24, 2.45) is 0 Å². The summed E-state index contributed by atoms with van der Waals surface area (Å²) >= 11 is 12.8. The van der Waals surface area contributed by atoms with Crippen molar-refractivity contribution in [3.8, 4) is 0 Å². The molecule has 0 bridgehead atoms. The summed E-state index contributed by atoms with van der Waals surface area (Å²) in [6, 6.07) is 16.4. The number of rotatable bonds is 2. The summed E-state index contributed by atoms with van der Waals surface area (Å²) in [4.78, 5) is 0. The van der Waals surface area contributed by atoms with Gasteiger partial charge in [-0.2, -0.15) is 0 Å². The maximum atomic E-state index is 6.68. The van der Waals surface area contributed by atoms with Crippen molar-refractivity contribution in [1.29, 1.82) is 0 Å². The van der Waals surface area contributed by atoms with Crippen LogP contribution in [0.2, 0.25) is 5.02 Å². The molecule has 0 nitrogen and oxygen atoms in total. The van der Waals surface area contributed by atoms with Gasteiger partial charge in [-0.1, -0.05) is 71.2 Å². The van der Waals surface area contributed by atoms with Crippen molar-refractivity contribution in [2.75, 3.05) is 0 Å². The highest BCUT2D eigenvalue weighted by Crippen LogP contribution is 2.40. The molecule has 0 aromatic heterocycles. The van der Waals surface area contributed by atoms with Crippen LogP contribution in [0.4, 0.5) is 0 Å². The standard InChI is InChI=1S/C19H16Cl2/c1-13-8-10-14(11-9-13)17-6-3-7-18(19(17)21)15-4-2-5-16(20)12-15/h2,4-6,8-12H,3,7H2,1H3. The summed E-state index contributed by atoms with van der Waals surface area (Å²) < 4.78 is 0. The first-order chi connectivity index (χ1) is 10.1. The fraction of sp³-hybridized carbons (Fsp3) is 0.158. The van der Waals surface area contributed by atoms with Gasteiger partial charge in [0.15, 0.2) is 0 Å². The SMILES string of the molecule is Cc1ccc(C2=CCCC(c3cccc(Cl)c3)=C2Cl)cc1. The maximum absolute atomic E-state index is 6.68. The van der Waals surface area contributed by atoms with Gasteiger partial charge >= 0.3 is 0 Å². The Kier molecular flexibility index (Phi) is 4.19. The second kappa shape index (κ2) is 6.09. The number of hydrogen-bond acceptors (Lipinski definition) is 0. The first-order valence-electron chi connectivity index (χ1n) is 7.07. The van der Waals surface area contributed by atoms with E-state index in [1.807, 2.05) is 18.2 Å². The van der Waals surface area contributed by atoms with Gasteiger partial charge in [-0.15, -0.1) is 0 Å². The lowest BCUT2D eigenvalue weighted by atomic mass is 9.90. The van der Waals surface area contributed by atoms with Crippen molar-refractivity contribution in [1.82, 2.24) is 0 Å². The summed E-state index contributed by atoms with van der Waals surface area (Å²) in [6.07, 6.45) is 4.18. The van der Waals surface area contributed by atoms with Crippen molar-refractivity contribution in [3.63, 3.8) is 0 Å². The predicted octanol–water partition coefficient (Wildman–Crippen LogP) is 6.48. The van der Waals surface area contributed by atoms with Gasteiger partial charge in [-0.25, -0.2) is 0 Å². The van der Waals surface area contributed by atoms with Gasteiger partial charge in [0.1, 0.15) is 0 Å². The molecule has 0 saturated heterocycles. The summed E-state index contributed by atoms with van der Waals surface area (Å²) in [5.41, 5.74) is 5.84. The van der Waals surface area contributed by atoms with E-state index in [9.17, 15) is 0 Å². The quantitative estimate of drug-likeness (QED) is 0.595. The number of aryl methyl sites for hydroxylation is 1. The van der Waals surface area contributed by atoms with E-state index in [1.165, 1.54) is 16.7 Å². The monoisotopic (exact) mass is 314 g/mol. The van der Waals surface area contributed by atoms with Crippen molar-refractivity contribution in [3.05, 3.63) is 81.4 Å². The van der Waals surface area contributed by atoms with Crippen LogP contribution in [0, 0.1) is 6.92 Å². The Morgan fingerprint density at radius 2 is 1.67 bits per heavy atom. The second-order valence-corrected chi connectivity index (χ2v) is 6.14. The van der Waals surface area contributed by atoms with Crippen LogP contribution >= 0.6 is 23.2 Å². The van der Waals surface area contributed by atoms with E-state index in [0.717, 1.165) is 34.0 Å². The normalized spacial score (nSPS) is 15.1. The lowest BCUT2D eigenvalue weighted by Crippen LogP contribution is -1.97. The summed E-state index contributed by atoms with van der Waals surface area (Å²) in [5.74, 6) is 0. The van der Waals surface area contributed by atoms with E-state index in [2.05, 4.69) is 43.3 Å². The molecule has 1 aliphatic carbocycles. The largest absolute Gasteiger partial charge is 0.0843 e. The maximum Gasteiger partial charge on any atom is 0.0519 e. The lowest BCUT2D eigenvalue weighted by molar-refractivity contribution is 1.05. The Hall–Kier alpha value is -1.50. The zero-order valence-electron chi connectivity index (χ0n) is 11.9. The van der Waals surface area contributed by atoms with Crippen LogP contribution in [0.5, 0.6) is 0 Å². The van der Waals surface area contributed by atoms with Gasteiger partial charge in [-0.05, 0) is 54.2 Å². The molecule has 0 heterocycles. The number of benzene rings is 2. The number of halogens is 2. The van der Waals surface area contributed by atoms with Gasteiger partial charge in [0.05, 0.1) is 5.03 Å². The van der Waals surface area contributed by atoms with E-state index in [1.54, 1.807) is 0 Å². The third kappa shape index (κ3) is 3.07. The molecule has 2 aromatic rings. The minimum absolute atomic E-state index is 0.746. The molecule has 0 fully saturated rings. The molecule has 106 valence electrons. The molecular weight excluding hydrogens is 299 g/mol. The first-order valence-corrected chi connectivity index (χ1v) is 7.83. The van der Waals surface area contributed by atoms with E-state index in [0.29, 0.717) is 0 Å².